The lowest BCUT2D eigenvalue weighted by Gasteiger charge is -2.56. The van der Waals surface area contributed by atoms with Gasteiger partial charge in [0.25, 0.3) is 0 Å². The maximum absolute atomic E-state index is 12.1. The summed E-state index contributed by atoms with van der Waals surface area (Å²) in [6.07, 6.45) is 7.83. The molecule has 0 amide bonds. The monoisotopic (exact) mass is 532 g/mol. The molecule has 5 aromatic rings. The Balaban J connectivity index is 1.13. The number of nitrogens with zero attached hydrogens (tertiary/aromatic N) is 7. The molecule has 8 heterocycles. The fourth-order valence-corrected chi connectivity index (χ4v) is 6.19. The van der Waals surface area contributed by atoms with Crippen molar-refractivity contribution in [3.05, 3.63) is 60.7 Å². The van der Waals surface area contributed by atoms with Crippen molar-refractivity contribution in [3.63, 3.8) is 0 Å². The summed E-state index contributed by atoms with van der Waals surface area (Å²) in [6.45, 7) is 2.65. The first-order valence-electron chi connectivity index (χ1n) is 12.2. The molecule has 3 saturated heterocycles. The van der Waals surface area contributed by atoms with Crippen LogP contribution in [0.2, 0.25) is 0 Å². The molecule has 2 bridgehead atoms. The first-order chi connectivity index (χ1) is 18.4. The Morgan fingerprint density at radius 1 is 1.11 bits per heavy atom. The van der Waals surface area contributed by atoms with Crippen molar-refractivity contribution in [1.82, 2.24) is 34.7 Å². The number of pyridine rings is 3. The molecule has 0 aliphatic carbocycles. The molecular weight excluding hydrogens is 507 g/mol. The van der Waals surface area contributed by atoms with Crippen molar-refractivity contribution in [2.75, 3.05) is 25.1 Å². The number of ether oxygens (including phenoxy) is 1. The van der Waals surface area contributed by atoms with Gasteiger partial charge in [-0.1, -0.05) is 6.07 Å². The first-order valence-corrected chi connectivity index (χ1v) is 13.9. The second kappa shape index (κ2) is 8.60. The lowest BCUT2D eigenvalue weighted by atomic mass is 9.87. The van der Waals surface area contributed by atoms with Crippen molar-refractivity contribution in [3.8, 4) is 17.0 Å². The highest BCUT2D eigenvalue weighted by atomic mass is 31.2. The van der Waals surface area contributed by atoms with Crippen LogP contribution in [0.15, 0.2) is 55.1 Å². The number of H-pyrrole nitrogens is 1. The minimum Gasteiger partial charge on any atom is -0.481 e. The third-order valence-corrected chi connectivity index (χ3v) is 8.47. The summed E-state index contributed by atoms with van der Waals surface area (Å²) in [5.74, 6) is 1.51. The van der Waals surface area contributed by atoms with E-state index in [2.05, 4.69) is 36.1 Å². The highest BCUT2D eigenvalue weighted by Crippen LogP contribution is 2.38. The molecule has 2 unspecified atom stereocenters. The summed E-state index contributed by atoms with van der Waals surface area (Å²) in [7, 11) is -2.88. The van der Waals surface area contributed by atoms with Gasteiger partial charge in [0.1, 0.15) is 5.82 Å². The van der Waals surface area contributed by atoms with Gasteiger partial charge in [0, 0.05) is 67.5 Å². The van der Waals surface area contributed by atoms with Crippen molar-refractivity contribution in [2.45, 2.75) is 25.0 Å². The molecule has 194 valence electrons. The van der Waals surface area contributed by atoms with Gasteiger partial charge in [0.05, 0.1) is 29.5 Å². The summed E-state index contributed by atoms with van der Waals surface area (Å²) < 4.78 is 18.7. The zero-order valence-electron chi connectivity index (χ0n) is 20.5. The van der Waals surface area contributed by atoms with Crippen LogP contribution in [0.4, 0.5) is 5.82 Å². The normalized spacial score (nSPS) is 19.7. The molecule has 0 spiro atoms. The molecule has 2 atom stereocenters. The topological polar surface area (TPSA) is 145 Å². The van der Waals surface area contributed by atoms with Gasteiger partial charge in [-0.3, -0.25) is 14.6 Å². The molecular formula is C25H25N8O4P. The van der Waals surface area contributed by atoms with Gasteiger partial charge in [-0.25, -0.2) is 14.5 Å². The third kappa shape index (κ3) is 3.84. The third-order valence-electron chi connectivity index (χ3n) is 7.55. The number of rotatable bonds is 6. The molecule has 0 saturated carbocycles. The smallest absolute Gasteiger partial charge is 0.357 e. The van der Waals surface area contributed by atoms with Crippen LogP contribution in [0.5, 0.6) is 5.88 Å². The lowest BCUT2D eigenvalue weighted by molar-refractivity contribution is -0.00876. The van der Waals surface area contributed by atoms with Crippen molar-refractivity contribution in [1.29, 1.82) is 0 Å². The van der Waals surface area contributed by atoms with Crippen LogP contribution in [-0.4, -0.2) is 76.7 Å². The number of hydrogen-bond donors (Lipinski definition) is 3. The van der Waals surface area contributed by atoms with Crippen LogP contribution in [0, 0.1) is 0 Å². The van der Waals surface area contributed by atoms with Crippen LogP contribution in [-0.2, 0) is 11.1 Å². The van der Waals surface area contributed by atoms with E-state index in [1.807, 2.05) is 24.4 Å². The largest absolute Gasteiger partial charge is 0.481 e. The molecule has 8 rings (SSSR count). The Morgan fingerprint density at radius 3 is 2.63 bits per heavy atom. The molecule has 13 heteroatoms. The molecule has 0 aromatic carbocycles. The second-order valence-corrected chi connectivity index (χ2v) is 11.4. The van der Waals surface area contributed by atoms with Gasteiger partial charge in [-0.15, -0.1) is 5.10 Å². The van der Waals surface area contributed by atoms with E-state index in [1.54, 1.807) is 19.5 Å². The minimum atomic E-state index is -4.49. The number of piperidine rings is 1. The predicted octanol–water partition coefficient (Wildman–Crippen LogP) is 1.94. The Morgan fingerprint density at radius 2 is 1.95 bits per heavy atom. The fourth-order valence-electron chi connectivity index (χ4n) is 5.63. The standard InChI is InChI=1S/C25H25N8O4P/c1-37-23-5-2-15(8-27-23)11-32-17-6-18(32)13-31(12-17)22-4-3-16(9-26-22)20-7-19(38(34,35)36)14-33-24(20)21-10-28-29-25(21)30-33/h2-5,7-10,14,17-18H,6,11-13H2,1H3,(H,29,30)(H2,34,35,36). The van der Waals surface area contributed by atoms with Gasteiger partial charge in [-0.05, 0) is 30.2 Å². The number of aromatic nitrogens is 6. The fraction of sp³-hybridized carbons (Fsp3) is 0.280. The van der Waals surface area contributed by atoms with E-state index >= 15 is 0 Å². The lowest BCUT2D eigenvalue weighted by Crippen LogP contribution is -2.68. The highest BCUT2D eigenvalue weighted by molar-refractivity contribution is 7.60. The summed E-state index contributed by atoms with van der Waals surface area (Å²) in [6, 6.07) is 10.3. The average molecular weight is 533 g/mol. The van der Waals surface area contributed by atoms with Gasteiger partial charge in [0.15, 0.2) is 5.65 Å². The number of fused-ring (bicyclic) bond motifs is 5. The summed E-state index contributed by atoms with van der Waals surface area (Å²) in [5, 5.41) is 11.9. The Labute approximate surface area is 217 Å². The Kier molecular flexibility index (Phi) is 5.27. The summed E-state index contributed by atoms with van der Waals surface area (Å²) in [4.78, 5) is 33.6. The maximum atomic E-state index is 12.1. The second-order valence-electron chi connectivity index (χ2n) is 9.82. The predicted molar refractivity (Wildman–Crippen MR) is 140 cm³/mol. The molecule has 3 aliphatic rings. The van der Waals surface area contributed by atoms with E-state index in [1.165, 1.54) is 28.8 Å². The van der Waals surface area contributed by atoms with Gasteiger partial charge >= 0.3 is 7.60 Å². The van der Waals surface area contributed by atoms with E-state index < -0.39 is 7.60 Å². The van der Waals surface area contributed by atoms with Crippen LogP contribution in [0.1, 0.15) is 12.0 Å². The summed E-state index contributed by atoms with van der Waals surface area (Å²) >= 11 is 0. The van der Waals surface area contributed by atoms with E-state index in [4.69, 9.17) is 9.72 Å². The number of nitrogens with one attached hydrogen (secondary N) is 1. The molecule has 3 fully saturated rings. The molecule has 0 radical (unpaired) electrons. The van der Waals surface area contributed by atoms with Crippen molar-refractivity contribution in [2.24, 2.45) is 0 Å². The van der Waals surface area contributed by atoms with Crippen molar-refractivity contribution >= 4 is 35.3 Å². The van der Waals surface area contributed by atoms with Crippen LogP contribution < -0.4 is 14.9 Å². The Bertz CT molecular complexity index is 1680. The van der Waals surface area contributed by atoms with E-state index in [0.29, 0.717) is 34.7 Å². The van der Waals surface area contributed by atoms with E-state index in [-0.39, 0.29) is 5.30 Å². The van der Waals surface area contributed by atoms with Crippen LogP contribution in [0.3, 0.4) is 0 Å². The zero-order chi connectivity index (χ0) is 26.0. The molecule has 38 heavy (non-hydrogen) atoms. The highest BCUT2D eigenvalue weighted by Gasteiger charge is 2.44. The molecule has 3 N–H and O–H groups in total. The molecule has 3 aliphatic heterocycles. The maximum Gasteiger partial charge on any atom is 0.357 e. The minimum absolute atomic E-state index is 0.106. The zero-order valence-corrected chi connectivity index (χ0v) is 21.4. The van der Waals surface area contributed by atoms with Gasteiger partial charge in [0.2, 0.25) is 5.88 Å². The van der Waals surface area contributed by atoms with Crippen LogP contribution >= 0.6 is 7.60 Å². The molecule has 12 nitrogen and oxygen atoms in total. The van der Waals surface area contributed by atoms with E-state index in [9.17, 15) is 14.4 Å². The SMILES string of the molecule is COc1ccc(CN2C3CC2CN(c2ccc(-c4cc(P(=O)(O)O)cn5nc6[nH]ncc6c45)cn2)C3)cn1. The number of hydrogen-bond acceptors (Lipinski definition) is 8. The average Bonchev–Trinajstić information content (AvgIpc) is 3.52. The number of aromatic amines is 1. The number of piperazine rings is 1. The van der Waals surface area contributed by atoms with E-state index in [0.717, 1.165) is 36.4 Å². The van der Waals surface area contributed by atoms with Gasteiger partial charge in [-0.2, -0.15) is 5.10 Å². The van der Waals surface area contributed by atoms with Crippen LogP contribution in [0.25, 0.3) is 27.7 Å². The summed E-state index contributed by atoms with van der Waals surface area (Å²) in [5.41, 5.74) is 3.80. The van der Waals surface area contributed by atoms with Crippen molar-refractivity contribution < 1.29 is 19.1 Å². The Hall–Kier alpha value is -3.83. The first kappa shape index (κ1) is 23.3. The quantitative estimate of drug-likeness (QED) is 0.278. The number of anilines is 1. The van der Waals surface area contributed by atoms with Gasteiger partial charge < -0.3 is 19.4 Å². The molecule has 5 aromatic heterocycles. The number of methoxy groups -OCH3 is 1.